The number of Topliss-reactive ketones (excluding diaryl/α,β-unsaturated/α-hetero) is 1. The lowest BCUT2D eigenvalue weighted by molar-refractivity contribution is -0.118. The molecule has 0 unspecified atom stereocenters. The molecular formula is C12H17N3O. The second kappa shape index (κ2) is 4.60. The van der Waals surface area contributed by atoms with E-state index in [2.05, 4.69) is 24.0 Å². The van der Waals surface area contributed by atoms with E-state index in [9.17, 15) is 4.79 Å². The van der Waals surface area contributed by atoms with Crippen LogP contribution in [0.5, 0.6) is 0 Å². The average molecular weight is 219 g/mol. The largest absolute Gasteiger partial charge is 0.348 e. The summed E-state index contributed by atoms with van der Waals surface area (Å²) in [5.41, 5.74) is 0.993. The van der Waals surface area contributed by atoms with Crippen molar-refractivity contribution >= 4 is 11.6 Å². The first-order valence-electron chi connectivity index (χ1n) is 5.77. The van der Waals surface area contributed by atoms with Crippen molar-refractivity contribution in [2.45, 2.75) is 32.6 Å². The van der Waals surface area contributed by atoms with Gasteiger partial charge in [-0.25, -0.2) is 0 Å². The van der Waals surface area contributed by atoms with Gasteiger partial charge in [-0.1, -0.05) is 13.8 Å². The summed E-state index contributed by atoms with van der Waals surface area (Å²) in [7, 11) is 0. The van der Waals surface area contributed by atoms with E-state index < -0.39 is 0 Å². The molecule has 0 radical (unpaired) electrons. The quantitative estimate of drug-likeness (QED) is 0.760. The number of carbonyl (C=O) groups excluding carboxylic acids is 1. The Morgan fingerprint density at radius 2 is 2.12 bits per heavy atom. The molecule has 2 heterocycles. The second-order valence-corrected chi connectivity index (χ2v) is 4.53. The highest BCUT2D eigenvalue weighted by Crippen LogP contribution is 2.17. The Morgan fingerprint density at radius 3 is 2.69 bits per heavy atom. The third kappa shape index (κ3) is 2.38. The van der Waals surface area contributed by atoms with Crippen LogP contribution < -0.4 is 4.90 Å². The van der Waals surface area contributed by atoms with Crippen molar-refractivity contribution in [3.05, 3.63) is 17.8 Å². The van der Waals surface area contributed by atoms with Gasteiger partial charge < -0.3 is 4.90 Å². The van der Waals surface area contributed by atoms with Crippen LogP contribution in [0.2, 0.25) is 0 Å². The number of hydrogen-bond acceptors (Lipinski definition) is 4. The maximum atomic E-state index is 11.3. The molecule has 0 spiro atoms. The van der Waals surface area contributed by atoms with Crippen LogP contribution >= 0.6 is 0 Å². The molecule has 2 rings (SSSR count). The Morgan fingerprint density at radius 1 is 1.31 bits per heavy atom. The van der Waals surface area contributed by atoms with E-state index in [1.54, 1.807) is 0 Å². The minimum atomic E-state index is 0.293. The van der Waals surface area contributed by atoms with E-state index >= 15 is 0 Å². The number of ketones is 1. The van der Waals surface area contributed by atoms with Crippen molar-refractivity contribution in [1.29, 1.82) is 0 Å². The summed E-state index contributed by atoms with van der Waals surface area (Å²) in [6.07, 6.45) is 1.63. The fourth-order valence-electron chi connectivity index (χ4n) is 1.85. The molecule has 0 saturated carbocycles. The Bertz CT molecular complexity index is 372. The van der Waals surface area contributed by atoms with Crippen LogP contribution in [0.25, 0.3) is 0 Å². The number of piperidine rings is 1. The van der Waals surface area contributed by atoms with Crippen LogP contribution in [0, 0.1) is 0 Å². The molecule has 4 nitrogen and oxygen atoms in total. The third-order valence-corrected chi connectivity index (χ3v) is 2.84. The van der Waals surface area contributed by atoms with Crippen LogP contribution in [0.15, 0.2) is 12.1 Å². The Balaban J connectivity index is 2.11. The van der Waals surface area contributed by atoms with Crippen molar-refractivity contribution in [2.24, 2.45) is 0 Å². The van der Waals surface area contributed by atoms with Gasteiger partial charge in [0.1, 0.15) is 0 Å². The lowest BCUT2D eigenvalue weighted by atomic mass is 10.1. The highest BCUT2D eigenvalue weighted by Gasteiger charge is 2.18. The maximum absolute atomic E-state index is 11.3. The number of rotatable bonds is 2. The molecule has 1 fully saturated rings. The predicted molar refractivity (Wildman–Crippen MR) is 62.6 cm³/mol. The smallest absolute Gasteiger partial charge is 0.152 e. The van der Waals surface area contributed by atoms with Gasteiger partial charge in [0.05, 0.1) is 12.2 Å². The lowest BCUT2D eigenvalue weighted by Crippen LogP contribution is -2.36. The lowest BCUT2D eigenvalue weighted by Gasteiger charge is -2.26. The molecule has 86 valence electrons. The van der Waals surface area contributed by atoms with Gasteiger partial charge in [0.25, 0.3) is 0 Å². The summed E-state index contributed by atoms with van der Waals surface area (Å²) in [5, 5.41) is 8.36. The number of hydrogen-bond donors (Lipinski definition) is 0. The molecule has 1 aromatic heterocycles. The first-order chi connectivity index (χ1) is 7.66. The molecule has 0 atom stereocenters. The zero-order chi connectivity index (χ0) is 11.5. The molecule has 1 aliphatic heterocycles. The first-order valence-corrected chi connectivity index (χ1v) is 5.77. The van der Waals surface area contributed by atoms with Crippen molar-refractivity contribution in [3.8, 4) is 0 Å². The Hall–Kier alpha value is -1.45. The second-order valence-electron chi connectivity index (χ2n) is 4.53. The summed E-state index contributed by atoms with van der Waals surface area (Å²) < 4.78 is 0. The number of nitrogens with zero attached hydrogens (tertiary/aromatic N) is 3. The number of anilines is 1. The molecule has 1 saturated heterocycles. The van der Waals surface area contributed by atoms with E-state index in [-0.39, 0.29) is 0 Å². The van der Waals surface area contributed by atoms with E-state index in [0.717, 1.165) is 24.5 Å². The minimum Gasteiger partial charge on any atom is -0.348 e. The van der Waals surface area contributed by atoms with Gasteiger partial charge >= 0.3 is 0 Å². The fourth-order valence-corrected chi connectivity index (χ4v) is 1.85. The minimum absolute atomic E-state index is 0.293. The molecule has 0 aromatic carbocycles. The predicted octanol–water partition coefficient (Wildman–Crippen LogP) is 1.77. The molecule has 1 aliphatic rings. The average Bonchev–Trinajstić information content (AvgIpc) is 2.29. The van der Waals surface area contributed by atoms with E-state index in [0.29, 0.717) is 24.7 Å². The van der Waals surface area contributed by atoms with Gasteiger partial charge in [0, 0.05) is 13.0 Å². The van der Waals surface area contributed by atoms with Crippen LogP contribution in [-0.2, 0) is 4.79 Å². The van der Waals surface area contributed by atoms with Gasteiger partial charge in [0.2, 0.25) is 0 Å². The Kier molecular flexibility index (Phi) is 3.17. The molecule has 1 aromatic rings. The van der Waals surface area contributed by atoms with Crippen LogP contribution in [0.3, 0.4) is 0 Å². The molecule has 0 aliphatic carbocycles. The Labute approximate surface area is 95.7 Å². The molecule has 4 heteroatoms. The normalized spacial score (nSPS) is 16.9. The van der Waals surface area contributed by atoms with Crippen LogP contribution in [0.4, 0.5) is 5.82 Å². The highest BCUT2D eigenvalue weighted by molar-refractivity contribution is 5.84. The van der Waals surface area contributed by atoms with Crippen LogP contribution in [0.1, 0.15) is 38.3 Å². The van der Waals surface area contributed by atoms with E-state index in [1.807, 2.05) is 17.0 Å². The summed E-state index contributed by atoms with van der Waals surface area (Å²) in [5.74, 6) is 1.50. The van der Waals surface area contributed by atoms with Crippen molar-refractivity contribution in [1.82, 2.24) is 10.2 Å². The summed E-state index contributed by atoms with van der Waals surface area (Å²) >= 11 is 0. The molecule has 16 heavy (non-hydrogen) atoms. The SMILES string of the molecule is CC(C)c1ccc(N2CCCC(=O)C2)nn1. The summed E-state index contributed by atoms with van der Waals surface area (Å²) in [6.45, 7) is 5.57. The zero-order valence-corrected chi connectivity index (χ0v) is 9.81. The molecule has 0 bridgehead atoms. The number of aromatic nitrogens is 2. The van der Waals surface area contributed by atoms with Gasteiger partial charge in [-0.3, -0.25) is 4.79 Å². The topological polar surface area (TPSA) is 46.1 Å². The number of carbonyl (C=O) groups is 1. The molecular weight excluding hydrogens is 202 g/mol. The van der Waals surface area contributed by atoms with Crippen molar-refractivity contribution < 1.29 is 4.79 Å². The van der Waals surface area contributed by atoms with Gasteiger partial charge in [-0.2, -0.15) is 5.10 Å². The summed E-state index contributed by atoms with van der Waals surface area (Å²) in [4.78, 5) is 13.3. The monoisotopic (exact) mass is 219 g/mol. The van der Waals surface area contributed by atoms with E-state index in [4.69, 9.17) is 0 Å². The van der Waals surface area contributed by atoms with Crippen LogP contribution in [-0.4, -0.2) is 29.1 Å². The van der Waals surface area contributed by atoms with Gasteiger partial charge in [-0.15, -0.1) is 5.10 Å². The standard InChI is InChI=1S/C12H17N3O/c1-9(2)11-5-6-12(14-13-11)15-7-3-4-10(16)8-15/h5-6,9H,3-4,7-8H2,1-2H3. The third-order valence-electron chi connectivity index (χ3n) is 2.84. The summed E-state index contributed by atoms with van der Waals surface area (Å²) in [6, 6.07) is 3.95. The zero-order valence-electron chi connectivity index (χ0n) is 9.81. The first kappa shape index (κ1) is 11.0. The van der Waals surface area contributed by atoms with Gasteiger partial charge in [0.15, 0.2) is 11.6 Å². The highest BCUT2D eigenvalue weighted by atomic mass is 16.1. The van der Waals surface area contributed by atoms with Crippen molar-refractivity contribution in [2.75, 3.05) is 18.0 Å². The molecule has 0 N–H and O–H groups in total. The van der Waals surface area contributed by atoms with Crippen molar-refractivity contribution in [3.63, 3.8) is 0 Å². The molecule has 0 amide bonds. The van der Waals surface area contributed by atoms with Gasteiger partial charge in [-0.05, 0) is 24.5 Å². The van der Waals surface area contributed by atoms with E-state index in [1.165, 1.54) is 0 Å². The maximum Gasteiger partial charge on any atom is 0.152 e. The fraction of sp³-hybridized carbons (Fsp3) is 0.583.